The minimum absolute atomic E-state index is 0.248. The first kappa shape index (κ1) is 23.1. The maximum atomic E-state index is 13.7. The summed E-state index contributed by atoms with van der Waals surface area (Å²) in [7, 11) is 2.02. The maximum absolute atomic E-state index is 13.7. The Morgan fingerprint density at radius 1 is 1.03 bits per heavy atom. The Hall–Kier alpha value is -3.66. The molecule has 0 bridgehead atoms. The van der Waals surface area contributed by atoms with Crippen molar-refractivity contribution in [2.45, 2.75) is 54.5 Å². The molecule has 9 heteroatoms. The van der Waals surface area contributed by atoms with Gasteiger partial charge in [-0.05, 0) is 63.9 Å². The van der Waals surface area contributed by atoms with E-state index in [1.54, 1.807) is 10.6 Å². The number of benzene rings is 1. The second kappa shape index (κ2) is 9.53. The van der Waals surface area contributed by atoms with Gasteiger partial charge in [0.2, 0.25) is 0 Å². The molecule has 3 heterocycles. The topological polar surface area (TPSA) is 94.7 Å². The molecule has 0 spiro atoms. The van der Waals surface area contributed by atoms with Crippen LogP contribution in [0.3, 0.4) is 0 Å². The van der Waals surface area contributed by atoms with Gasteiger partial charge in [0, 0.05) is 38.9 Å². The number of rotatable bonds is 5. The van der Waals surface area contributed by atoms with E-state index in [0.29, 0.717) is 28.1 Å². The molecule has 35 heavy (non-hydrogen) atoms. The van der Waals surface area contributed by atoms with Crippen LogP contribution in [0.15, 0.2) is 52.6 Å². The van der Waals surface area contributed by atoms with Crippen molar-refractivity contribution in [3.63, 3.8) is 0 Å². The summed E-state index contributed by atoms with van der Waals surface area (Å²) >= 11 is 1.33. The van der Waals surface area contributed by atoms with Gasteiger partial charge in [-0.3, -0.25) is 4.68 Å². The van der Waals surface area contributed by atoms with Crippen molar-refractivity contribution in [2.24, 2.45) is 0 Å². The van der Waals surface area contributed by atoms with E-state index in [2.05, 4.69) is 34.2 Å². The van der Waals surface area contributed by atoms with Crippen molar-refractivity contribution < 1.29 is 4.39 Å². The lowest BCUT2D eigenvalue weighted by molar-refractivity contribution is 0.281. The highest BCUT2D eigenvalue weighted by atomic mass is 32.2. The highest BCUT2D eigenvalue weighted by Gasteiger charge is 2.24. The van der Waals surface area contributed by atoms with Crippen LogP contribution in [0.2, 0.25) is 0 Å². The highest BCUT2D eigenvalue weighted by molar-refractivity contribution is 7.99. The molecule has 7 nitrogen and oxygen atoms in total. The SMILES string of the molecule is CNC1CCC(n2ncc(-c3cc(Sc4ccc(F)cc4C#N)c4c(C#N)cnn4c3)c2C)CC1. The van der Waals surface area contributed by atoms with Crippen LogP contribution in [-0.2, 0) is 0 Å². The fraction of sp³-hybridized carbons (Fsp3) is 0.308. The van der Waals surface area contributed by atoms with Crippen molar-refractivity contribution in [3.8, 4) is 23.3 Å². The average Bonchev–Trinajstić information content (AvgIpc) is 3.48. The summed E-state index contributed by atoms with van der Waals surface area (Å²) in [6.07, 6.45) is 9.76. The third kappa shape index (κ3) is 4.29. The number of nitrogens with zero attached hydrogens (tertiary/aromatic N) is 6. The van der Waals surface area contributed by atoms with Gasteiger partial charge in [0.05, 0.1) is 35.1 Å². The number of nitrogens with one attached hydrogen (secondary N) is 1. The van der Waals surface area contributed by atoms with Gasteiger partial charge >= 0.3 is 0 Å². The van der Waals surface area contributed by atoms with Crippen LogP contribution < -0.4 is 5.32 Å². The van der Waals surface area contributed by atoms with E-state index >= 15 is 0 Å². The van der Waals surface area contributed by atoms with Crippen LogP contribution in [0, 0.1) is 35.4 Å². The predicted molar refractivity (Wildman–Crippen MR) is 131 cm³/mol. The highest BCUT2D eigenvalue weighted by Crippen LogP contribution is 2.38. The molecule has 0 radical (unpaired) electrons. The predicted octanol–water partition coefficient (Wildman–Crippen LogP) is 5.24. The lowest BCUT2D eigenvalue weighted by Crippen LogP contribution is -2.31. The monoisotopic (exact) mass is 485 g/mol. The van der Waals surface area contributed by atoms with E-state index < -0.39 is 5.82 Å². The molecule has 0 atom stereocenters. The van der Waals surface area contributed by atoms with E-state index in [-0.39, 0.29) is 5.56 Å². The van der Waals surface area contributed by atoms with Crippen LogP contribution >= 0.6 is 11.8 Å². The van der Waals surface area contributed by atoms with E-state index in [0.717, 1.165) is 47.4 Å². The quantitative estimate of drug-likeness (QED) is 0.415. The Morgan fingerprint density at radius 3 is 2.51 bits per heavy atom. The summed E-state index contributed by atoms with van der Waals surface area (Å²) in [5.74, 6) is -0.460. The van der Waals surface area contributed by atoms with Crippen molar-refractivity contribution >= 4 is 17.3 Å². The van der Waals surface area contributed by atoms with E-state index in [4.69, 9.17) is 5.10 Å². The lowest BCUT2D eigenvalue weighted by atomic mass is 9.91. The maximum Gasteiger partial charge on any atom is 0.124 e. The average molecular weight is 486 g/mol. The Bertz CT molecular complexity index is 1480. The van der Waals surface area contributed by atoms with Crippen LogP contribution in [-0.4, -0.2) is 32.5 Å². The summed E-state index contributed by atoms with van der Waals surface area (Å²) in [6, 6.07) is 11.4. The first-order valence-electron chi connectivity index (χ1n) is 11.5. The Kier molecular flexibility index (Phi) is 6.29. The molecule has 1 aromatic carbocycles. The number of pyridine rings is 1. The molecule has 1 saturated carbocycles. The number of halogens is 1. The fourth-order valence-electron chi connectivity index (χ4n) is 4.87. The first-order valence-corrected chi connectivity index (χ1v) is 12.3. The van der Waals surface area contributed by atoms with Gasteiger partial charge in [0.1, 0.15) is 18.0 Å². The minimum Gasteiger partial charge on any atom is -0.317 e. The van der Waals surface area contributed by atoms with Gasteiger partial charge in [0.15, 0.2) is 0 Å². The molecule has 1 N–H and O–H groups in total. The van der Waals surface area contributed by atoms with Gasteiger partial charge in [-0.25, -0.2) is 8.91 Å². The van der Waals surface area contributed by atoms with Gasteiger partial charge in [-0.2, -0.15) is 20.7 Å². The lowest BCUT2D eigenvalue weighted by Gasteiger charge is -2.29. The summed E-state index contributed by atoms with van der Waals surface area (Å²) in [5, 5.41) is 31.7. The van der Waals surface area contributed by atoms with Gasteiger partial charge in [0.25, 0.3) is 0 Å². The molecule has 1 aliphatic rings. The number of hydrogen-bond donors (Lipinski definition) is 1. The zero-order chi connectivity index (χ0) is 24.5. The molecule has 1 aliphatic carbocycles. The summed E-state index contributed by atoms with van der Waals surface area (Å²) in [6.45, 7) is 2.08. The molecule has 0 amide bonds. The molecular weight excluding hydrogens is 461 g/mol. The molecule has 3 aromatic heterocycles. The van der Waals surface area contributed by atoms with Crippen LogP contribution in [0.4, 0.5) is 4.39 Å². The Morgan fingerprint density at radius 2 is 1.80 bits per heavy atom. The Balaban J connectivity index is 1.56. The van der Waals surface area contributed by atoms with Gasteiger partial charge in [-0.15, -0.1) is 0 Å². The van der Waals surface area contributed by atoms with Gasteiger partial charge in [-0.1, -0.05) is 11.8 Å². The van der Waals surface area contributed by atoms with E-state index in [1.165, 1.54) is 30.1 Å². The van der Waals surface area contributed by atoms with Crippen LogP contribution in [0.5, 0.6) is 0 Å². The molecule has 1 fully saturated rings. The molecule has 0 aliphatic heterocycles. The molecule has 0 saturated heterocycles. The second-order valence-electron chi connectivity index (χ2n) is 8.79. The number of aromatic nitrogens is 4. The second-order valence-corrected chi connectivity index (χ2v) is 9.88. The number of nitriles is 2. The van der Waals surface area contributed by atoms with Crippen molar-refractivity contribution in [1.29, 1.82) is 10.5 Å². The van der Waals surface area contributed by atoms with Crippen molar-refractivity contribution in [3.05, 3.63) is 65.5 Å². The molecule has 5 rings (SSSR count). The standard InChI is InChI=1S/C26H24FN7S/c1-16-23(14-32-34(16)22-6-4-21(30-2)5-7-22)18-10-25(26-19(12-29)13-31-33(26)15-18)35-24-8-3-20(27)9-17(24)11-28/h3,8-10,13-15,21-22,30H,4-7H2,1-2H3. The fourth-order valence-corrected chi connectivity index (χ4v) is 5.95. The van der Waals surface area contributed by atoms with E-state index in [1.807, 2.05) is 25.5 Å². The van der Waals surface area contributed by atoms with Gasteiger partial charge < -0.3 is 5.32 Å². The minimum atomic E-state index is -0.460. The normalized spacial score (nSPS) is 17.9. The molecule has 0 unspecified atom stereocenters. The zero-order valence-corrected chi connectivity index (χ0v) is 20.3. The number of hydrogen-bond acceptors (Lipinski definition) is 6. The molecular formula is C26H24FN7S. The van der Waals surface area contributed by atoms with Crippen molar-refractivity contribution in [1.82, 2.24) is 24.7 Å². The molecule has 176 valence electrons. The third-order valence-electron chi connectivity index (χ3n) is 6.79. The van der Waals surface area contributed by atoms with Crippen LogP contribution in [0.25, 0.3) is 16.6 Å². The summed E-state index contributed by atoms with van der Waals surface area (Å²) < 4.78 is 17.5. The largest absolute Gasteiger partial charge is 0.317 e. The number of fused-ring (bicyclic) bond motifs is 1. The van der Waals surface area contributed by atoms with Crippen molar-refractivity contribution in [2.75, 3.05) is 7.05 Å². The zero-order valence-electron chi connectivity index (χ0n) is 19.5. The summed E-state index contributed by atoms with van der Waals surface area (Å²) in [5.41, 5.74) is 4.34. The molecule has 4 aromatic rings. The van der Waals surface area contributed by atoms with Crippen LogP contribution in [0.1, 0.15) is 48.5 Å². The van der Waals surface area contributed by atoms with E-state index in [9.17, 15) is 14.9 Å². The summed E-state index contributed by atoms with van der Waals surface area (Å²) in [4.78, 5) is 1.38. The first-order chi connectivity index (χ1) is 17.0. The Labute approximate surface area is 207 Å². The smallest absolute Gasteiger partial charge is 0.124 e. The third-order valence-corrected chi connectivity index (χ3v) is 7.89.